The molecule has 0 fully saturated rings. The van der Waals surface area contributed by atoms with Gasteiger partial charge in [-0.05, 0) is 34.8 Å². The number of rotatable bonds is 0. The molecule has 2 aliphatic heterocycles. The molecule has 1 nitrogen and oxygen atoms in total. The van der Waals surface area contributed by atoms with Crippen LogP contribution < -0.4 is 0 Å². The minimum absolute atomic E-state index is 0. The summed E-state index contributed by atoms with van der Waals surface area (Å²) in [5, 5.41) is 2.13. The van der Waals surface area contributed by atoms with E-state index in [1.807, 2.05) is 36.3 Å². The second-order valence-electron chi connectivity index (χ2n) is 2.53. The molecule has 0 aromatic carbocycles. The molecule has 3 heteroatoms. The summed E-state index contributed by atoms with van der Waals surface area (Å²) < 4.78 is 0. The average molecular weight is 256 g/mol. The van der Waals surface area contributed by atoms with Gasteiger partial charge >= 0.3 is 0 Å². The number of hydrogen-bond donors (Lipinski definition) is 0. The molecule has 13 heavy (non-hydrogen) atoms. The van der Waals surface area contributed by atoms with E-state index in [0.29, 0.717) is 0 Å². The fraction of sp³-hybridized carbons (Fsp3) is 0.100. The van der Waals surface area contributed by atoms with Gasteiger partial charge < -0.3 is 0 Å². The van der Waals surface area contributed by atoms with Crippen molar-refractivity contribution in [2.45, 2.75) is 0 Å². The number of aliphatic imine (C=N–C) groups is 1. The van der Waals surface area contributed by atoms with Crippen LogP contribution in [0.1, 0.15) is 0 Å². The highest BCUT2D eigenvalue weighted by Gasteiger charge is 2.01. The van der Waals surface area contributed by atoms with Gasteiger partial charge in [0.1, 0.15) is 0 Å². The van der Waals surface area contributed by atoms with Gasteiger partial charge in [0.15, 0.2) is 0 Å². The lowest BCUT2D eigenvalue weighted by Crippen LogP contribution is -1.81. The predicted octanol–water partition coefficient (Wildman–Crippen LogP) is 3.28. The molecule has 0 radical (unpaired) electrons. The summed E-state index contributed by atoms with van der Waals surface area (Å²) >= 11 is 1.81. The van der Waals surface area contributed by atoms with E-state index < -0.39 is 0 Å². The largest absolute Gasteiger partial charge is 0.265 e. The average Bonchev–Trinajstić information content (AvgIpc) is 2.38. The first-order valence-corrected chi connectivity index (χ1v) is 4.90. The fourth-order valence-electron chi connectivity index (χ4n) is 1.14. The summed E-state index contributed by atoms with van der Waals surface area (Å²) in [6, 6.07) is 0. The predicted molar refractivity (Wildman–Crippen MR) is 65.7 cm³/mol. The van der Waals surface area contributed by atoms with Crippen molar-refractivity contribution in [2.24, 2.45) is 4.99 Å². The standard InChI is InChI=1S/C10H9NS.BrH/c1-5-11-6-2-10-4-8-12-7-3-9(1)10;/h1-7H,8H2;1H. The summed E-state index contributed by atoms with van der Waals surface area (Å²) in [5.74, 6) is 1.05. The number of hydrogen-bond acceptors (Lipinski definition) is 2. The van der Waals surface area contributed by atoms with Gasteiger partial charge in [-0.2, -0.15) is 0 Å². The van der Waals surface area contributed by atoms with E-state index in [0.717, 1.165) is 5.75 Å². The van der Waals surface area contributed by atoms with Crippen LogP contribution in [0, 0.1) is 0 Å². The Labute approximate surface area is 92.8 Å². The quantitative estimate of drug-likeness (QED) is 0.648. The van der Waals surface area contributed by atoms with Crippen LogP contribution in [0.25, 0.3) is 0 Å². The van der Waals surface area contributed by atoms with E-state index in [9.17, 15) is 0 Å². The third-order valence-corrected chi connectivity index (χ3v) is 2.44. The first-order chi connectivity index (χ1) is 5.97. The van der Waals surface area contributed by atoms with Crippen LogP contribution in [-0.2, 0) is 0 Å². The van der Waals surface area contributed by atoms with E-state index in [4.69, 9.17) is 0 Å². The zero-order chi connectivity index (χ0) is 8.23. The molecule has 2 heterocycles. The molecule has 0 unspecified atom stereocenters. The Morgan fingerprint density at radius 3 is 3.08 bits per heavy atom. The Kier molecular flexibility index (Phi) is 4.25. The van der Waals surface area contributed by atoms with Crippen molar-refractivity contribution in [3.63, 3.8) is 0 Å². The Balaban J connectivity index is 0.000000845. The minimum Gasteiger partial charge on any atom is -0.265 e. The van der Waals surface area contributed by atoms with Crippen molar-refractivity contribution >= 4 is 35.0 Å². The maximum absolute atomic E-state index is 4.06. The van der Waals surface area contributed by atoms with E-state index in [2.05, 4.69) is 22.6 Å². The summed E-state index contributed by atoms with van der Waals surface area (Å²) in [7, 11) is 0. The van der Waals surface area contributed by atoms with Crippen LogP contribution in [0.2, 0.25) is 0 Å². The van der Waals surface area contributed by atoms with Gasteiger partial charge in [-0.15, -0.1) is 28.7 Å². The number of halogens is 1. The molecule has 0 atom stereocenters. The van der Waals surface area contributed by atoms with Gasteiger partial charge in [-0.25, -0.2) is 0 Å². The molecular weight excluding hydrogens is 246 g/mol. The Bertz CT molecular complexity index is 324. The number of allylic oxidation sites excluding steroid dienone is 5. The van der Waals surface area contributed by atoms with Gasteiger partial charge in [0.2, 0.25) is 0 Å². The van der Waals surface area contributed by atoms with E-state index in [1.165, 1.54) is 11.1 Å². The topological polar surface area (TPSA) is 12.4 Å². The molecule has 2 aliphatic rings. The van der Waals surface area contributed by atoms with Crippen molar-refractivity contribution in [1.29, 1.82) is 0 Å². The highest BCUT2D eigenvalue weighted by molar-refractivity contribution is 8.93. The minimum atomic E-state index is 0. The Morgan fingerprint density at radius 2 is 2.15 bits per heavy atom. The molecule has 0 amide bonds. The van der Waals surface area contributed by atoms with Crippen LogP contribution in [-0.4, -0.2) is 12.0 Å². The highest BCUT2D eigenvalue weighted by atomic mass is 79.9. The molecule has 0 N–H and O–H groups in total. The summed E-state index contributed by atoms with van der Waals surface area (Å²) in [4.78, 5) is 4.06. The van der Waals surface area contributed by atoms with Crippen molar-refractivity contribution in [1.82, 2.24) is 0 Å². The normalized spacial score (nSPS) is 19.1. The van der Waals surface area contributed by atoms with E-state index >= 15 is 0 Å². The first kappa shape index (κ1) is 10.5. The smallest absolute Gasteiger partial charge is 0.0273 e. The molecule has 0 bridgehead atoms. The van der Waals surface area contributed by atoms with Gasteiger partial charge in [-0.3, -0.25) is 4.99 Å². The highest BCUT2D eigenvalue weighted by Crippen LogP contribution is 2.21. The molecule has 0 aromatic heterocycles. The maximum atomic E-state index is 4.06. The van der Waals surface area contributed by atoms with Gasteiger partial charge in [0.25, 0.3) is 0 Å². The summed E-state index contributed by atoms with van der Waals surface area (Å²) in [5.41, 5.74) is 2.52. The molecular formula is C10H10BrNS. The summed E-state index contributed by atoms with van der Waals surface area (Å²) in [6.45, 7) is 0. The van der Waals surface area contributed by atoms with Crippen LogP contribution in [0.5, 0.6) is 0 Å². The van der Waals surface area contributed by atoms with Crippen molar-refractivity contribution in [2.75, 3.05) is 5.75 Å². The SMILES string of the molecule is Br.C1=CC2=CCSC=CC2=CC=N1. The first-order valence-electron chi connectivity index (χ1n) is 3.85. The third-order valence-electron chi connectivity index (χ3n) is 1.76. The Morgan fingerprint density at radius 1 is 1.23 bits per heavy atom. The number of thioether (sulfide) groups is 1. The Hall–Kier alpha value is -0.540. The van der Waals surface area contributed by atoms with E-state index in [-0.39, 0.29) is 17.0 Å². The van der Waals surface area contributed by atoms with Gasteiger partial charge in [0.05, 0.1) is 0 Å². The van der Waals surface area contributed by atoms with E-state index in [1.54, 1.807) is 0 Å². The van der Waals surface area contributed by atoms with Crippen LogP contribution in [0.15, 0.2) is 52.1 Å². The molecule has 0 aromatic rings. The number of nitrogens with zero attached hydrogens (tertiary/aromatic N) is 1. The lowest BCUT2D eigenvalue weighted by molar-refractivity contribution is 1.52. The molecule has 68 valence electrons. The van der Waals surface area contributed by atoms with Crippen LogP contribution in [0.3, 0.4) is 0 Å². The van der Waals surface area contributed by atoms with Crippen LogP contribution in [0.4, 0.5) is 0 Å². The molecule has 0 saturated heterocycles. The van der Waals surface area contributed by atoms with Crippen molar-refractivity contribution in [3.8, 4) is 0 Å². The molecule has 0 spiro atoms. The zero-order valence-electron chi connectivity index (χ0n) is 7.01. The van der Waals surface area contributed by atoms with Crippen LogP contribution >= 0.6 is 28.7 Å². The monoisotopic (exact) mass is 255 g/mol. The van der Waals surface area contributed by atoms with Gasteiger partial charge in [-0.1, -0.05) is 6.08 Å². The van der Waals surface area contributed by atoms with Crippen molar-refractivity contribution < 1.29 is 0 Å². The zero-order valence-corrected chi connectivity index (χ0v) is 9.54. The fourth-order valence-corrected chi connectivity index (χ4v) is 1.77. The second kappa shape index (κ2) is 5.25. The molecule has 2 rings (SSSR count). The second-order valence-corrected chi connectivity index (χ2v) is 3.47. The number of fused-ring (bicyclic) bond motifs is 1. The third kappa shape index (κ3) is 2.71. The maximum Gasteiger partial charge on any atom is 0.0273 e. The molecule has 0 saturated carbocycles. The lowest BCUT2D eigenvalue weighted by atomic mass is 10.1. The summed E-state index contributed by atoms with van der Waals surface area (Å²) in [6.07, 6.45) is 12.1. The van der Waals surface area contributed by atoms with Crippen molar-refractivity contribution in [3.05, 3.63) is 47.1 Å². The lowest BCUT2D eigenvalue weighted by Gasteiger charge is -1.97. The van der Waals surface area contributed by atoms with Gasteiger partial charge in [0, 0.05) is 18.2 Å². The molecule has 0 aliphatic carbocycles.